The number of carboxylic acids is 1. The summed E-state index contributed by atoms with van der Waals surface area (Å²) in [5.41, 5.74) is 5.22. The molecule has 0 radical (unpaired) electrons. The van der Waals surface area contributed by atoms with Crippen molar-refractivity contribution in [3.63, 3.8) is 0 Å². The third kappa shape index (κ3) is 4.89. The van der Waals surface area contributed by atoms with Gasteiger partial charge in [-0.15, -0.1) is 0 Å². The summed E-state index contributed by atoms with van der Waals surface area (Å²) in [5, 5.41) is 13.5. The lowest BCUT2D eigenvalue weighted by Gasteiger charge is -2.24. The molecule has 0 aliphatic carbocycles. The number of quaternary nitrogens is 1. The Morgan fingerprint density at radius 1 is 1.06 bits per heavy atom. The molecule has 0 saturated heterocycles. The number of carboxylic acid groups (broad SMARTS) is 1. The quantitative estimate of drug-likeness (QED) is 0.347. The third-order valence-corrected chi connectivity index (χ3v) is 6.01. The number of carbonyl (C=O) groups is 1. The molecule has 0 bridgehead atoms. The average Bonchev–Trinajstić information content (AvgIpc) is 3.15. The molecular weight excluding hydrogens is 426 g/mol. The molecule has 34 heavy (non-hydrogen) atoms. The first-order valence-corrected chi connectivity index (χ1v) is 11.8. The van der Waals surface area contributed by atoms with Gasteiger partial charge in [-0.25, -0.2) is 14.8 Å². The van der Waals surface area contributed by atoms with E-state index in [-0.39, 0.29) is 5.56 Å². The Kier molecular flexibility index (Phi) is 6.57. The van der Waals surface area contributed by atoms with Crippen molar-refractivity contribution < 1.29 is 14.4 Å². The van der Waals surface area contributed by atoms with E-state index in [1.165, 1.54) is 11.1 Å². The normalized spacial score (nSPS) is 11.9. The number of hydrogen-bond acceptors (Lipinski definition) is 4. The zero-order valence-electron chi connectivity index (χ0n) is 20.7. The molecule has 178 valence electrons. The lowest BCUT2D eigenvalue weighted by molar-refractivity contribution is -0.884. The van der Waals surface area contributed by atoms with Crippen molar-refractivity contribution in [3.8, 4) is 0 Å². The van der Waals surface area contributed by atoms with Crippen LogP contribution in [0.1, 0.15) is 47.1 Å². The van der Waals surface area contributed by atoms with Gasteiger partial charge >= 0.3 is 5.97 Å². The van der Waals surface area contributed by atoms with E-state index < -0.39 is 5.97 Å². The summed E-state index contributed by atoms with van der Waals surface area (Å²) in [6.07, 6.45) is 3.01. The van der Waals surface area contributed by atoms with Gasteiger partial charge < -0.3 is 19.5 Å². The number of imidazole rings is 1. The highest BCUT2D eigenvalue weighted by atomic mass is 16.4. The number of rotatable bonds is 9. The van der Waals surface area contributed by atoms with Gasteiger partial charge in [0.05, 0.1) is 37.7 Å². The molecule has 7 nitrogen and oxygen atoms in total. The first-order chi connectivity index (χ1) is 16.2. The third-order valence-electron chi connectivity index (χ3n) is 6.01. The Hall–Kier alpha value is -3.45. The Balaban J connectivity index is 1.86. The van der Waals surface area contributed by atoms with Crippen molar-refractivity contribution in [2.45, 2.75) is 39.3 Å². The van der Waals surface area contributed by atoms with E-state index in [0.717, 1.165) is 52.5 Å². The van der Waals surface area contributed by atoms with Gasteiger partial charge in [-0.1, -0.05) is 37.6 Å². The molecule has 4 rings (SSSR count). The van der Waals surface area contributed by atoms with Crippen molar-refractivity contribution in [1.29, 1.82) is 0 Å². The standard InChI is InChI=1S/C27H33N5O2/c1-6-7-8-23-30-24-25(21-14-13-20(27(33)34)15-22(21)29-26(24)28-2)31(23)16-18-9-11-19(12-10-18)17-32(3,4)5/h9-15H,6-8,16-17H2,1-5H3,(H-,28,29,33,34)/p+1. The highest BCUT2D eigenvalue weighted by Crippen LogP contribution is 2.32. The Labute approximate surface area is 200 Å². The van der Waals surface area contributed by atoms with Gasteiger partial charge in [0.2, 0.25) is 0 Å². The van der Waals surface area contributed by atoms with E-state index >= 15 is 0 Å². The van der Waals surface area contributed by atoms with Crippen LogP contribution in [0.2, 0.25) is 0 Å². The molecule has 2 aromatic carbocycles. The molecular formula is C27H34N5O2+. The molecule has 7 heteroatoms. The summed E-state index contributed by atoms with van der Waals surface area (Å²) in [5.74, 6) is 0.737. The maximum Gasteiger partial charge on any atom is 0.335 e. The fourth-order valence-electron chi connectivity index (χ4n) is 4.42. The van der Waals surface area contributed by atoms with Gasteiger partial charge in [0.1, 0.15) is 17.9 Å². The highest BCUT2D eigenvalue weighted by molar-refractivity contribution is 6.08. The zero-order chi connectivity index (χ0) is 24.5. The number of hydrogen-bond donors (Lipinski definition) is 2. The predicted molar refractivity (Wildman–Crippen MR) is 137 cm³/mol. The van der Waals surface area contributed by atoms with Crippen LogP contribution in [0.4, 0.5) is 5.82 Å². The molecule has 2 N–H and O–H groups in total. The van der Waals surface area contributed by atoms with Crippen LogP contribution in [0, 0.1) is 0 Å². The van der Waals surface area contributed by atoms with Crippen LogP contribution in [0.3, 0.4) is 0 Å². The average molecular weight is 461 g/mol. The number of pyridine rings is 1. The predicted octanol–water partition coefficient (Wildman–Crippen LogP) is 4.92. The van der Waals surface area contributed by atoms with E-state index in [1.54, 1.807) is 12.1 Å². The van der Waals surface area contributed by atoms with Gasteiger partial charge in [-0.2, -0.15) is 0 Å². The second-order valence-corrected chi connectivity index (χ2v) is 9.93. The Bertz CT molecular complexity index is 1330. The first kappa shape index (κ1) is 23.7. The van der Waals surface area contributed by atoms with E-state index in [1.807, 2.05) is 13.1 Å². The van der Waals surface area contributed by atoms with Gasteiger partial charge in [0.15, 0.2) is 5.82 Å². The van der Waals surface area contributed by atoms with E-state index in [4.69, 9.17) is 9.97 Å². The van der Waals surface area contributed by atoms with Crippen molar-refractivity contribution in [3.05, 3.63) is 65.0 Å². The minimum absolute atomic E-state index is 0.228. The van der Waals surface area contributed by atoms with Crippen LogP contribution in [0.5, 0.6) is 0 Å². The Morgan fingerprint density at radius 3 is 2.38 bits per heavy atom. The van der Waals surface area contributed by atoms with Crippen molar-refractivity contribution in [2.24, 2.45) is 0 Å². The maximum absolute atomic E-state index is 11.5. The van der Waals surface area contributed by atoms with E-state index in [2.05, 4.69) is 62.2 Å². The van der Waals surface area contributed by atoms with Gasteiger partial charge in [0, 0.05) is 31.0 Å². The number of aryl methyl sites for hydroxylation is 1. The number of fused-ring (bicyclic) bond motifs is 3. The highest BCUT2D eigenvalue weighted by Gasteiger charge is 2.19. The molecule has 2 aromatic heterocycles. The minimum atomic E-state index is -0.957. The Morgan fingerprint density at radius 2 is 1.76 bits per heavy atom. The number of unbranched alkanes of at least 4 members (excludes halogenated alkanes) is 1. The molecule has 0 aliphatic rings. The van der Waals surface area contributed by atoms with Gasteiger partial charge in [0.25, 0.3) is 0 Å². The topological polar surface area (TPSA) is 80.0 Å². The fourth-order valence-corrected chi connectivity index (χ4v) is 4.42. The molecule has 0 aliphatic heterocycles. The van der Waals surface area contributed by atoms with Crippen molar-refractivity contribution in [2.75, 3.05) is 33.5 Å². The molecule has 4 aromatic rings. The first-order valence-electron chi connectivity index (χ1n) is 11.8. The zero-order valence-corrected chi connectivity index (χ0v) is 20.7. The lowest BCUT2D eigenvalue weighted by Crippen LogP contribution is -2.33. The smallest absolute Gasteiger partial charge is 0.335 e. The van der Waals surface area contributed by atoms with E-state index in [9.17, 15) is 9.90 Å². The molecule has 0 atom stereocenters. The molecule has 2 heterocycles. The van der Waals surface area contributed by atoms with Crippen LogP contribution < -0.4 is 5.32 Å². The number of anilines is 1. The summed E-state index contributed by atoms with van der Waals surface area (Å²) in [7, 11) is 8.41. The monoisotopic (exact) mass is 460 g/mol. The fraction of sp³-hybridized carbons (Fsp3) is 0.370. The second kappa shape index (κ2) is 9.43. The van der Waals surface area contributed by atoms with Crippen LogP contribution >= 0.6 is 0 Å². The summed E-state index contributed by atoms with van der Waals surface area (Å²) >= 11 is 0. The van der Waals surface area contributed by atoms with Crippen LogP contribution in [0.15, 0.2) is 42.5 Å². The van der Waals surface area contributed by atoms with Crippen LogP contribution in [-0.2, 0) is 19.5 Å². The summed E-state index contributed by atoms with van der Waals surface area (Å²) in [4.78, 5) is 21.3. The summed E-state index contributed by atoms with van der Waals surface area (Å²) in [6, 6.07) is 14.0. The van der Waals surface area contributed by atoms with Gasteiger partial charge in [-0.05, 0) is 30.2 Å². The van der Waals surface area contributed by atoms with Gasteiger partial charge in [-0.3, -0.25) is 0 Å². The largest absolute Gasteiger partial charge is 0.478 e. The molecule has 0 saturated carbocycles. The SMILES string of the molecule is CCCCc1nc2c(NC)nc3cc(C(=O)O)ccc3c2n1Cc1ccc(C[N+](C)(C)C)cc1. The van der Waals surface area contributed by atoms with Crippen molar-refractivity contribution >= 4 is 33.7 Å². The summed E-state index contributed by atoms with van der Waals surface area (Å²) < 4.78 is 3.17. The number of aromatic carboxylic acids is 1. The molecule has 0 unspecified atom stereocenters. The molecule has 0 fully saturated rings. The summed E-state index contributed by atoms with van der Waals surface area (Å²) in [6.45, 7) is 3.86. The van der Waals surface area contributed by atoms with Crippen molar-refractivity contribution in [1.82, 2.24) is 14.5 Å². The molecule has 0 amide bonds. The maximum atomic E-state index is 11.5. The lowest BCUT2D eigenvalue weighted by atomic mass is 10.1. The number of nitrogens with zero attached hydrogens (tertiary/aromatic N) is 4. The number of benzene rings is 2. The number of nitrogens with one attached hydrogen (secondary N) is 1. The van der Waals surface area contributed by atoms with Crippen LogP contribution in [-0.4, -0.2) is 58.3 Å². The second-order valence-electron chi connectivity index (χ2n) is 9.93. The molecule has 0 spiro atoms. The number of aromatic nitrogens is 3. The van der Waals surface area contributed by atoms with Crippen LogP contribution in [0.25, 0.3) is 21.9 Å². The minimum Gasteiger partial charge on any atom is -0.478 e. The van der Waals surface area contributed by atoms with E-state index in [0.29, 0.717) is 17.9 Å².